The number of fused-ring (bicyclic) bond motifs is 1. The first-order valence-corrected chi connectivity index (χ1v) is 7.68. The fourth-order valence-corrected chi connectivity index (χ4v) is 2.44. The van der Waals surface area contributed by atoms with Gasteiger partial charge in [0.2, 0.25) is 5.79 Å². The maximum Gasteiger partial charge on any atom is 0.343 e. The summed E-state index contributed by atoms with van der Waals surface area (Å²) >= 11 is 0. The molecule has 0 atom stereocenters. The van der Waals surface area contributed by atoms with Crippen molar-refractivity contribution < 1.29 is 19.0 Å². The topological polar surface area (TPSA) is 44.8 Å². The summed E-state index contributed by atoms with van der Waals surface area (Å²) in [4.78, 5) is 12.3. The first-order valence-electron chi connectivity index (χ1n) is 7.68. The van der Waals surface area contributed by atoms with Gasteiger partial charge >= 0.3 is 5.97 Å². The molecule has 0 radical (unpaired) electrons. The number of hydrogen-bond acceptors (Lipinski definition) is 4. The molecule has 1 heterocycles. The maximum atomic E-state index is 12.3. The molecule has 0 unspecified atom stereocenters. The standard InChI is InChI=1S/C19H20O4/c1-12(2)13-5-8-15(9-6-13)21-18(20)14-7-10-16-17(11-14)23-19(3,4)22-16/h5-12H,1-4H3. The second-order valence-corrected chi connectivity index (χ2v) is 6.38. The molecule has 2 aromatic carbocycles. The summed E-state index contributed by atoms with van der Waals surface area (Å²) in [6.45, 7) is 7.88. The highest BCUT2D eigenvalue weighted by Gasteiger charge is 2.32. The third-order valence-electron chi connectivity index (χ3n) is 3.65. The van der Waals surface area contributed by atoms with Gasteiger partial charge in [-0.3, -0.25) is 0 Å². The van der Waals surface area contributed by atoms with Gasteiger partial charge in [-0.15, -0.1) is 0 Å². The summed E-state index contributed by atoms with van der Waals surface area (Å²) in [5, 5.41) is 0. The van der Waals surface area contributed by atoms with Gasteiger partial charge in [0.05, 0.1) is 5.56 Å². The second-order valence-electron chi connectivity index (χ2n) is 6.38. The Balaban J connectivity index is 1.74. The predicted molar refractivity (Wildman–Crippen MR) is 87.3 cm³/mol. The first kappa shape index (κ1) is 15.4. The van der Waals surface area contributed by atoms with Gasteiger partial charge in [-0.1, -0.05) is 26.0 Å². The van der Waals surface area contributed by atoms with Crippen molar-refractivity contribution in [1.82, 2.24) is 0 Å². The SMILES string of the molecule is CC(C)c1ccc(OC(=O)c2ccc3c(c2)OC(C)(C)O3)cc1. The zero-order chi connectivity index (χ0) is 16.6. The van der Waals surface area contributed by atoms with Crippen molar-refractivity contribution in [3.05, 3.63) is 53.6 Å². The molecule has 0 N–H and O–H groups in total. The van der Waals surface area contributed by atoms with Crippen LogP contribution in [0.15, 0.2) is 42.5 Å². The van der Waals surface area contributed by atoms with Gasteiger partial charge in [-0.2, -0.15) is 0 Å². The molecule has 1 aliphatic heterocycles. The monoisotopic (exact) mass is 312 g/mol. The van der Waals surface area contributed by atoms with Crippen LogP contribution in [-0.2, 0) is 0 Å². The van der Waals surface area contributed by atoms with E-state index in [0.29, 0.717) is 28.7 Å². The van der Waals surface area contributed by atoms with Crippen LogP contribution in [0.1, 0.15) is 49.5 Å². The lowest BCUT2D eigenvalue weighted by Crippen LogP contribution is -2.29. The number of benzene rings is 2. The number of ether oxygens (including phenoxy) is 3. The van der Waals surface area contributed by atoms with Crippen LogP contribution in [-0.4, -0.2) is 11.8 Å². The Morgan fingerprint density at radius 1 is 1.00 bits per heavy atom. The van der Waals surface area contributed by atoms with E-state index in [1.54, 1.807) is 18.2 Å². The number of carbonyl (C=O) groups is 1. The molecular formula is C19H20O4. The Labute approximate surface area is 136 Å². The van der Waals surface area contributed by atoms with E-state index >= 15 is 0 Å². The van der Waals surface area contributed by atoms with Gasteiger partial charge in [-0.25, -0.2) is 4.79 Å². The third kappa shape index (κ3) is 3.31. The van der Waals surface area contributed by atoms with Crippen LogP contribution in [0.2, 0.25) is 0 Å². The van der Waals surface area contributed by atoms with E-state index in [1.807, 2.05) is 38.1 Å². The van der Waals surface area contributed by atoms with Crippen LogP contribution in [0.25, 0.3) is 0 Å². The molecule has 0 bridgehead atoms. The molecule has 0 aromatic heterocycles. The molecule has 0 saturated heterocycles. The molecule has 23 heavy (non-hydrogen) atoms. The lowest BCUT2D eigenvalue weighted by atomic mass is 10.0. The average molecular weight is 312 g/mol. The van der Waals surface area contributed by atoms with Crippen LogP contribution in [0.3, 0.4) is 0 Å². The minimum atomic E-state index is -0.711. The Morgan fingerprint density at radius 3 is 2.30 bits per heavy atom. The van der Waals surface area contributed by atoms with Crippen LogP contribution < -0.4 is 14.2 Å². The number of rotatable bonds is 3. The zero-order valence-electron chi connectivity index (χ0n) is 13.8. The molecule has 2 aromatic rings. The maximum absolute atomic E-state index is 12.3. The minimum absolute atomic E-state index is 0.418. The summed E-state index contributed by atoms with van der Waals surface area (Å²) in [5.41, 5.74) is 1.63. The fraction of sp³-hybridized carbons (Fsp3) is 0.316. The van der Waals surface area contributed by atoms with Gasteiger partial charge in [0.15, 0.2) is 11.5 Å². The molecule has 0 spiro atoms. The van der Waals surface area contributed by atoms with Crippen molar-refractivity contribution in [2.24, 2.45) is 0 Å². The first-order chi connectivity index (χ1) is 10.8. The van der Waals surface area contributed by atoms with E-state index in [0.717, 1.165) is 0 Å². The highest BCUT2D eigenvalue weighted by atomic mass is 16.7. The smallest absolute Gasteiger partial charge is 0.343 e. The summed E-state index contributed by atoms with van der Waals surface area (Å²) in [5.74, 6) is 1.03. The number of carbonyl (C=O) groups excluding carboxylic acids is 1. The molecule has 4 nitrogen and oxygen atoms in total. The summed E-state index contributed by atoms with van der Waals surface area (Å²) < 4.78 is 16.7. The molecular weight excluding hydrogens is 292 g/mol. The van der Waals surface area contributed by atoms with Gasteiger partial charge < -0.3 is 14.2 Å². The number of esters is 1. The highest BCUT2D eigenvalue weighted by Crippen LogP contribution is 2.39. The Morgan fingerprint density at radius 2 is 1.65 bits per heavy atom. The van der Waals surface area contributed by atoms with Crippen molar-refractivity contribution in [2.75, 3.05) is 0 Å². The normalized spacial score (nSPS) is 14.8. The second kappa shape index (κ2) is 5.61. The summed E-state index contributed by atoms with van der Waals surface area (Å²) in [6, 6.07) is 12.6. The molecule has 4 heteroatoms. The Bertz CT molecular complexity index is 730. The Hall–Kier alpha value is -2.49. The molecule has 0 amide bonds. The van der Waals surface area contributed by atoms with Crippen LogP contribution in [0.5, 0.6) is 17.2 Å². The van der Waals surface area contributed by atoms with Crippen LogP contribution in [0.4, 0.5) is 0 Å². The van der Waals surface area contributed by atoms with Crippen molar-refractivity contribution in [3.8, 4) is 17.2 Å². The fourth-order valence-electron chi connectivity index (χ4n) is 2.44. The van der Waals surface area contributed by atoms with Gasteiger partial charge in [-0.05, 0) is 41.8 Å². The van der Waals surface area contributed by atoms with E-state index in [9.17, 15) is 4.79 Å². The lowest BCUT2D eigenvalue weighted by Gasteiger charge is -2.16. The molecule has 0 fully saturated rings. The largest absolute Gasteiger partial charge is 0.449 e. The molecule has 3 rings (SSSR count). The minimum Gasteiger partial charge on any atom is -0.449 e. The van der Waals surface area contributed by atoms with Gasteiger partial charge in [0.1, 0.15) is 5.75 Å². The molecule has 120 valence electrons. The summed E-state index contributed by atoms with van der Waals surface area (Å²) in [7, 11) is 0. The average Bonchev–Trinajstić information content (AvgIpc) is 2.80. The van der Waals surface area contributed by atoms with Crippen molar-refractivity contribution in [2.45, 2.75) is 39.4 Å². The van der Waals surface area contributed by atoms with Crippen molar-refractivity contribution in [1.29, 1.82) is 0 Å². The Kier molecular flexibility index (Phi) is 3.76. The zero-order valence-corrected chi connectivity index (χ0v) is 13.8. The van der Waals surface area contributed by atoms with Crippen LogP contribution in [0, 0.1) is 0 Å². The summed E-state index contributed by atoms with van der Waals surface area (Å²) in [6.07, 6.45) is 0. The van der Waals surface area contributed by atoms with Gasteiger partial charge in [0, 0.05) is 13.8 Å². The lowest BCUT2D eigenvalue weighted by molar-refractivity contribution is -0.0431. The van der Waals surface area contributed by atoms with E-state index in [1.165, 1.54) is 5.56 Å². The highest BCUT2D eigenvalue weighted by molar-refractivity contribution is 5.91. The third-order valence-corrected chi connectivity index (χ3v) is 3.65. The van der Waals surface area contributed by atoms with E-state index in [-0.39, 0.29) is 0 Å². The predicted octanol–water partition coefficient (Wildman–Crippen LogP) is 4.54. The van der Waals surface area contributed by atoms with E-state index in [4.69, 9.17) is 14.2 Å². The van der Waals surface area contributed by atoms with Crippen molar-refractivity contribution in [3.63, 3.8) is 0 Å². The number of hydrogen-bond donors (Lipinski definition) is 0. The van der Waals surface area contributed by atoms with Crippen molar-refractivity contribution >= 4 is 5.97 Å². The quantitative estimate of drug-likeness (QED) is 0.616. The van der Waals surface area contributed by atoms with E-state index in [2.05, 4.69) is 13.8 Å². The van der Waals surface area contributed by atoms with Gasteiger partial charge in [0.25, 0.3) is 0 Å². The van der Waals surface area contributed by atoms with E-state index < -0.39 is 11.8 Å². The molecule has 0 saturated carbocycles. The molecule has 1 aliphatic rings. The van der Waals surface area contributed by atoms with Crippen LogP contribution >= 0.6 is 0 Å². The molecule has 0 aliphatic carbocycles.